The number of nitrogens with two attached hydrogens (primary N) is 1. The SMILES string of the molecule is CC1CC(CN)CN1CCC(=O)Nc1ccccc1F. The molecule has 0 saturated carbocycles. The Hall–Kier alpha value is -1.46. The molecule has 0 aromatic heterocycles. The van der Waals surface area contributed by atoms with Crippen LogP contribution in [0.5, 0.6) is 0 Å². The van der Waals surface area contributed by atoms with Gasteiger partial charge in [-0.3, -0.25) is 9.69 Å². The number of amides is 1. The maximum absolute atomic E-state index is 13.4. The number of para-hydroxylation sites is 1. The molecule has 0 radical (unpaired) electrons. The van der Waals surface area contributed by atoms with E-state index < -0.39 is 5.82 Å². The van der Waals surface area contributed by atoms with Crippen molar-refractivity contribution in [3.63, 3.8) is 0 Å². The molecule has 5 heteroatoms. The van der Waals surface area contributed by atoms with Crippen LogP contribution in [0.15, 0.2) is 24.3 Å². The number of hydrogen-bond acceptors (Lipinski definition) is 3. The molecule has 0 aliphatic carbocycles. The van der Waals surface area contributed by atoms with Gasteiger partial charge in [-0.1, -0.05) is 12.1 Å². The van der Waals surface area contributed by atoms with E-state index in [0.29, 0.717) is 31.5 Å². The summed E-state index contributed by atoms with van der Waals surface area (Å²) in [5, 5.41) is 2.61. The molecule has 1 saturated heterocycles. The smallest absolute Gasteiger partial charge is 0.225 e. The summed E-state index contributed by atoms with van der Waals surface area (Å²) in [5.41, 5.74) is 5.93. The van der Waals surface area contributed by atoms with Crippen molar-refractivity contribution in [1.29, 1.82) is 0 Å². The molecule has 110 valence electrons. The van der Waals surface area contributed by atoms with Gasteiger partial charge in [0.1, 0.15) is 5.82 Å². The van der Waals surface area contributed by atoms with Crippen molar-refractivity contribution < 1.29 is 9.18 Å². The van der Waals surface area contributed by atoms with E-state index in [-0.39, 0.29) is 11.6 Å². The van der Waals surface area contributed by atoms with Crippen LogP contribution >= 0.6 is 0 Å². The Morgan fingerprint density at radius 2 is 2.25 bits per heavy atom. The summed E-state index contributed by atoms with van der Waals surface area (Å²) < 4.78 is 13.4. The van der Waals surface area contributed by atoms with E-state index in [9.17, 15) is 9.18 Å². The fraction of sp³-hybridized carbons (Fsp3) is 0.533. The molecule has 2 unspecified atom stereocenters. The fourth-order valence-electron chi connectivity index (χ4n) is 2.72. The van der Waals surface area contributed by atoms with Gasteiger partial charge in [0.2, 0.25) is 5.91 Å². The maximum atomic E-state index is 13.4. The molecule has 1 amide bonds. The summed E-state index contributed by atoms with van der Waals surface area (Å²) in [5.74, 6) is -0.0308. The lowest BCUT2D eigenvalue weighted by Crippen LogP contribution is -2.31. The molecular formula is C15H22FN3O. The molecule has 1 aliphatic rings. The molecule has 1 fully saturated rings. The number of nitrogens with one attached hydrogen (secondary N) is 1. The summed E-state index contributed by atoms with van der Waals surface area (Å²) in [7, 11) is 0. The second kappa shape index (κ2) is 6.81. The van der Waals surface area contributed by atoms with Crippen molar-refractivity contribution in [2.75, 3.05) is 25.0 Å². The summed E-state index contributed by atoms with van der Waals surface area (Å²) in [6, 6.07) is 6.67. The van der Waals surface area contributed by atoms with Crippen molar-refractivity contribution in [3.05, 3.63) is 30.1 Å². The molecule has 1 heterocycles. The summed E-state index contributed by atoms with van der Waals surface area (Å²) in [4.78, 5) is 14.1. The molecule has 3 N–H and O–H groups in total. The molecule has 0 bridgehead atoms. The number of anilines is 1. The molecule has 4 nitrogen and oxygen atoms in total. The van der Waals surface area contributed by atoms with Crippen LogP contribution in [-0.2, 0) is 4.79 Å². The molecule has 1 aromatic rings. The second-order valence-electron chi connectivity index (χ2n) is 5.46. The van der Waals surface area contributed by atoms with Crippen LogP contribution in [0.2, 0.25) is 0 Å². The number of likely N-dealkylation sites (tertiary alicyclic amines) is 1. The Morgan fingerprint density at radius 3 is 2.90 bits per heavy atom. The molecule has 0 spiro atoms. The number of hydrogen-bond donors (Lipinski definition) is 2. The van der Waals surface area contributed by atoms with Gasteiger partial charge in [-0.2, -0.15) is 0 Å². The number of benzene rings is 1. The first kappa shape index (κ1) is 14.9. The van der Waals surface area contributed by atoms with E-state index >= 15 is 0 Å². The molecule has 20 heavy (non-hydrogen) atoms. The number of carbonyl (C=O) groups is 1. The van der Waals surface area contributed by atoms with Crippen LogP contribution in [-0.4, -0.2) is 36.5 Å². The summed E-state index contributed by atoms with van der Waals surface area (Å²) in [6.07, 6.45) is 1.46. The highest BCUT2D eigenvalue weighted by Gasteiger charge is 2.27. The lowest BCUT2D eigenvalue weighted by Gasteiger charge is -2.20. The Kier molecular flexibility index (Phi) is 5.09. The highest BCUT2D eigenvalue weighted by atomic mass is 19.1. The Labute approximate surface area is 119 Å². The third-order valence-corrected chi connectivity index (χ3v) is 3.90. The largest absolute Gasteiger partial charge is 0.330 e. The fourth-order valence-corrected chi connectivity index (χ4v) is 2.72. The van der Waals surface area contributed by atoms with Crippen molar-refractivity contribution in [1.82, 2.24) is 4.90 Å². The standard InChI is InChI=1S/C15H22FN3O/c1-11-8-12(9-17)10-19(11)7-6-15(20)18-14-5-3-2-4-13(14)16/h2-5,11-12H,6-10,17H2,1H3,(H,18,20). The van der Waals surface area contributed by atoms with Crippen LogP contribution in [0.25, 0.3) is 0 Å². The van der Waals surface area contributed by atoms with E-state index in [0.717, 1.165) is 13.0 Å². The average Bonchev–Trinajstić information content (AvgIpc) is 2.80. The predicted octanol–water partition coefficient (Wildman–Crippen LogP) is 1.82. The van der Waals surface area contributed by atoms with Gasteiger partial charge < -0.3 is 11.1 Å². The Bertz CT molecular complexity index is 466. The zero-order chi connectivity index (χ0) is 14.5. The number of rotatable bonds is 5. The average molecular weight is 279 g/mol. The van der Waals surface area contributed by atoms with Crippen molar-refractivity contribution in [2.24, 2.45) is 11.7 Å². The third-order valence-electron chi connectivity index (χ3n) is 3.90. The zero-order valence-corrected chi connectivity index (χ0v) is 11.8. The molecule has 1 aromatic carbocycles. The first-order valence-corrected chi connectivity index (χ1v) is 7.08. The zero-order valence-electron chi connectivity index (χ0n) is 11.8. The minimum absolute atomic E-state index is 0.154. The molecule has 1 aliphatic heterocycles. The second-order valence-corrected chi connectivity index (χ2v) is 5.46. The van der Waals surface area contributed by atoms with Gasteiger partial charge in [0.05, 0.1) is 5.69 Å². The number of carbonyl (C=O) groups excluding carboxylic acids is 1. The molecule has 2 atom stereocenters. The quantitative estimate of drug-likeness (QED) is 0.864. The van der Waals surface area contributed by atoms with Crippen molar-refractivity contribution >= 4 is 11.6 Å². The third kappa shape index (κ3) is 3.77. The normalized spacial score (nSPS) is 22.9. The molecule has 2 rings (SSSR count). The van der Waals surface area contributed by atoms with Crippen LogP contribution in [0, 0.1) is 11.7 Å². The van der Waals surface area contributed by atoms with Crippen LogP contribution < -0.4 is 11.1 Å². The van der Waals surface area contributed by atoms with Gasteiger partial charge in [-0.05, 0) is 37.9 Å². The van der Waals surface area contributed by atoms with Crippen LogP contribution in [0.3, 0.4) is 0 Å². The first-order valence-electron chi connectivity index (χ1n) is 7.08. The topological polar surface area (TPSA) is 58.4 Å². The Morgan fingerprint density at radius 1 is 1.50 bits per heavy atom. The lowest BCUT2D eigenvalue weighted by molar-refractivity contribution is -0.116. The maximum Gasteiger partial charge on any atom is 0.225 e. The minimum atomic E-state index is -0.404. The Balaban J connectivity index is 1.80. The predicted molar refractivity (Wildman–Crippen MR) is 77.8 cm³/mol. The minimum Gasteiger partial charge on any atom is -0.330 e. The van der Waals surface area contributed by atoms with Gasteiger partial charge in [-0.15, -0.1) is 0 Å². The van der Waals surface area contributed by atoms with Crippen molar-refractivity contribution in [2.45, 2.75) is 25.8 Å². The van der Waals surface area contributed by atoms with E-state index in [1.165, 1.54) is 6.07 Å². The van der Waals surface area contributed by atoms with E-state index in [1.54, 1.807) is 18.2 Å². The first-order chi connectivity index (χ1) is 9.60. The van der Waals surface area contributed by atoms with Gasteiger partial charge in [-0.25, -0.2) is 4.39 Å². The van der Waals surface area contributed by atoms with E-state index in [2.05, 4.69) is 17.1 Å². The number of nitrogens with zero attached hydrogens (tertiary/aromatic N) is 1. The van der Waals surface area contributed by atoms with E-state index in [1.807, 2.05) is 0 Å². The monoisotopic (exact) mass is 279 g/mol. The van der Waals surface area contributed by atoms with Gasteiger partial charge in [0.15, 0.2) is 0 Å². The highest BCUT2D eigenvalue weighted by molar-refractivity contribution is 5.90. The molecular weight excluding hydrogens is 257 g/mol. The van der Waals surface area contributed by atoms with Crippen LogP contribution in [0.4, 0.5) is 10.1 Å². The van der Waals surface area contributed by atoms with Crippen LogP contribution in [0.1, 0.15) is 19.8 Å². The van der Waals surface area contributed by atoms with E-state index in [4.69, 9.17) is 5.73 Å². The summed E-state index contributed by atoms with van der Waals surface area (Å²) >= 11 is 0. The lowest BCUT2D eigenvalue weighted by atomic mass is 10.1. The van der Waals surface area contributed by atoms with Gasteiger partial charge in [0.25, 0.3) is 0 Å². The highest BCUT2D eigenvalue weighted by Crippen LogP contribution is 2.22. The van der Waals surface area contributed by atoms with Gasteiger partial charge in [0, 0.05) is 25.6 Å². The number of halogens is 1. The van der Waals surface area contributed by atoms with Gasteiger partial charge >= 0.3 is 0 Å². The van der Waals surface area contributed by atoms with Crippen molar-refractivity contribution in [3.8, 4) is 0 Å². The summed E-state index contributed by atoms with van der Waals surface area (Å²) in [6.45, 7) is 4.50.